The van der Waals surface area contributed by atoms with Gasteiger partial charge in [-0.25, -0.2) is 0 Å². The maximum atomic E-state index is 13.5. The number of hydrogen-bond donors (Lipinski definition) is 2. The number of anilines is 1. The van der Waals surface area contributed by atoms with E-state index in [0.717, 1.165) is 11.1 Å². The number of ether oxygens (including phenoxy) is 1. The highest BCUT2D eigenvalue weighted by atomic mass is 16.5. The number of aromatic hydroxyl groups is 1. The summed E-state index contributed by atoms with van der Waals surface area (Å²) in [5, 5.41) is 21.2. The van der Waals surface area contributed by atoms with Gasteiger partial charge in [-0.15, -0.1) is 0 Å². The summed E-state index contributed by atoms with van der Waals surface area (Å²) in [5.41, 5.74) is 3.29. The lowest BCUT2D eigenvalue weighted by Crippen LogP contribution is -2.31. The number of Topliss-reactive ketones (excluding diaryl/α,β-unsaturated/α-hetero) is 1. The molecule has 0 radical (unpaired) electrons. The number of phenols is 1. The highest BCUT2D eigenvalue weighted by Crippen LogP contribution is 2.43. The number of aliphatic hydroxyl groups excluding tert-OH is 1. The Morgan fingerprint density at radius 2 is 1.69 bits per heavy atom. The van der Waals surface area contributed by atoms with Crippen molar-refractivity contribution in [2.75, 3.05) is 11.5 Å². The average molecular weight is 486 g/mol. The summed E-state index contributed by atoms with van der Waals surface area (Å²) in [4.78, 5) is 28.3. The Morgan fingerprint density at radius 3 is 2.33 bits per heavy atom. The number of ketones is 1. The van der Waals surface area contributed by atoms with E-state index in [1.54, 1.807) is 19.1 Å². The molecule has 2 N–H and O–H groups in total. The zero-order valence-electron chi connectivity index (χ0n) is 20.8. The quantitative estimate of drug-likeness (QED) is 0.387. The normalized spacial score (nSPS) is 15.6. The molecule has 1 amide bonds. The van der Waals surface area contributed by atoms with Gasteiger partial charge in [-0.05, 0) is 60.2 Å². The second-order valence-corrected chi connectivity index (χ2v) is 9.16. The average Bonchev–Trinajstić information content (AvgIpc) is 3.15. The number of benzene rings is 3. The third-order valence-electron chi connectivity index (χ3n) is 6.43. The number of aliphatic hydroxyl groups is 1. The number of amides is 1. The van der Waals surface area contributed by atoms with Crippen LogP contribution < -0.4 is 9.64 Å². The Bertz CT molecular complexity index is 1280. The molecule has 0 saturated carbocycles. The molecule has 1 unspecified atom stereocenters. The van der Waals surface area contributed by atoms with Crippen molar-refractivity contribution in [3.63, 3.8) is 0 Å². The van der Waals surface area contributed by atoms with Gasteiger partial charge < -0.3 is 14.9 Å². The van der Waals surface area contributed by atoms with Gasteiger partial charge in [0.2, 0.25) is 0 Å². The molecule has 0 saturated heterocycles. The molecule has 3 aromatic carbocycles. The van der Waals surface area contributed by atoms with Gasteiger partial charge in [-0.1, -0.05) is 62.4 Å². The van der Waals surface area contributed by atoms with Crippen LogP contribution in [0, 0.1) is 0 Å². The SMILES string of the molecule is CCOc1cc(C2C(C(=O)CCc3ccccc3)=C(O)C(=O)N2c2ccc(C(C)C)cc2)ccc1O. The van der Waals surface area contributed by atoms with E-state index in [9.17, 15) is 19.8 Å². The van der Waals surface area contributed by atoms with Crippen LogP contribution in [0.15, 0.2) is 84.1 Å². The molecule has 6 heteroatoms. The Labute approximate surface area is 211 Å². The lowest BCUT2D eigenvalue weighted by molar-refractivity contribution is -0.118. The Hall–Kier alpha value is -4.06. The molecule has 0 fully saturated rings. The summed E-state index contributed by atoms with van der Waals surface area (Å²) < 4.78 is 5.56. The topological polar surface area (TPSA) is 87.1 Å². The third-order valence-corrected chi connectivity index (χ3v) is 6.43. The number of rotatable bonds is 9. The van der Waals surface area contributed by atoms with E-state index in [2.05, 4.69) is 13.8 Å². The molecule has 3 aromatic rings. The predicted octanol–water partition coefficient (Wildman–Crippen LogP) is 6.02. The van der Waals surface area contributed by atoms with E-state index in [4.69, 9.17) is 4.74 Å². The minimum Gasteiger partial charge on any atom is -0.504 e. The van der Waals surface area contributed by atoms with Gasteiger partial charge in [0.25, 0.3) is 5.91 Å². The molecule has 1 heterocycles. The van der Waals surface area contributed by atoms with E-state index in [-0.39, 0.29) is 29.3 Å². The summed E-state index contributed by atoms with van der Waals surface area (Å²) in [6.07, 6.45) is 0.629. The molecule has 0 aliphatic carbocycles. The molecule has 1 atom stereocenters. The molecule has 186 valence electrons. The maximum Gasteiger partial charge on any atom is 0.294 e. The number of carbonyl (C=O) groups is 2. The summed E-state index contributed by atoms with van der Waals surface area (Å²) in [5.74, 6) is -0.954. The Kier molecular flexibility index (Phi) is 7.44. The van der Waals surface area contributed by atoms with Crippen molar-refractivity contribution in [1.29, 1.82) is 0 Å². The first-order valence-corrected chi connectivity index (χ1v) is 12.2. The van der Waals surface area contributed by atoms with Crippen molar-refractivity contribution in [1.82, 2.24) is 0 Å². The number of nitrogens with zero attached hydrogens (tertiary/aromatic N) is 1. The summed E-state index contributed by atoms with van der Waals surface area (Å²) in [6, 6.07) is 21.0. The molecule has 0 aromatic heterocycles. The molecule has 0 bridgehead atoms. The predicted molar refractivity (Wildman–Crippen MR) is 139 cm³/mol. The van der Waals surface area contributed by atoms with Crippen molar-refractivity contribution >= 4 is 17.4 Å². The molecule has 4 rings (SSSR count). The lowest BCUT2D eigenvalue weighted by Gasteiger charge is -2.27. The Balaban J connectivity index is 1.76. The molecular formula is C30H31NO5. The molecular weight excluding hydrogens is 454 g/mol. The van der Waals surface area contributed by atoms with E-state index in [0.29, 0.717) is 30.2 Å². The first-order valence-electron chi connectivity index (χ1n) is 12.2. The third kappa shape index (κ3) is 4.98. The summed E-state index contributed by atoms with van der Waals surface area (Å²) in [6.45, 7) is 6.31. The zero-order chi connectivity index (χ0) is 25.8. The van der Waals surface area contributed by atoms with E-state index in [1.165, 1.54) is 11.0 Å². The van der Waals surface area contributed by atoms with Gasteiger partial charge in [-0.3, -0.25) is 14.5 Å². The van der Waals surface area contributed by atoms with E-state index < -0.39 is 17.7 Å². The molecule has 6 nitrogen and oxygen atoms in total. The zero-order valence-corrected chi connectivity index (χ0v) is 20.8. The fourth-order valence-electron chi connectivity index (χ4n) is 4.50. The highest BCUT2D eigenvalue weighted by Gasteiger charge is 2.44. The molecule has 0 spiro atoms. The van der Waals surface area contributed by atoms with Crippen LogP contribution in [0.2, 0.25) is 0 Å². The number of phenolic OH excluding ortho intramolecular Hbond substituents is 1. The fraction of sp³-hybridized carbons (Fsp3) is 0.267. The van der Waals surface area contributed by atoms with E-state index >= 15 is 0 Å². The highest BCUT2D eigenvalue weighted by molar-refractivity contribution is 6.16. The number of aryl methyl sites for hydroxylation is 1. The van der Waals surface area contributed by atoms with Crippen LogP contribution in [0.1, 0.15) is 55.8 Å². The molecule has 1 aliphatic heterocycles. The van der Waals surface area contributed by atoms with Crippen LogP contribution in [-0.4, -0.2) is 28.5 Å². The maximum absolute atomic E-state index is 13.5. The van der Waals surface area contributed by atoms with Gasteiger partial charge in [-0.2, -0.15) is 0 Å². The van der Waals surface area contributed by atoms with Crippen LogP contribution in [0.4, 0.5) is 5.69 Å². The minimum atomic E-state index is -0.856. The monoisotopic (exact) mass is 485 g/mol. The largest absolute Gasteiger partial charge is 0.504 e. The smallest absolute Gasteiger partial charge is 0.294 e. The first-order chi connectivity index (χ1) is 17.3. The van der Waals surface area contributed by atoms with Crippen LogP contribution >= 0.6 is 0 Å². The number of carbonyl (C=O) groups excluding carboxylic acids is 2. The van der Waals surface area contributed by atoms with Crippen LogP contribution in [0.25, 0.3) is 0 Å². The lowest BCUT2D eigenvalue weighted by atomic mass is 9.92. The standard InChI is InChI=1S/C30H31NO5/c1-4-36-26-18-22(13-17-24(26)32)28-27(25(33)16-10-20-8-6-5-7-9-20)29(34)30(35)31(28)23-14-11-21(12-15-23)19(2)3/h5-9,11-15,17-19,28,32,34H,4,10,16H2,1-3H3. The summed E-state index contributed by atoms with van der Waals surface area (Å²) >= 11 is 0. The molecule has 36 heavy (non-hydrogen) atoms. The van der Waals surface area contributed by atoms with Gasteiger partial charge in [0.05, 0.1) is 18.2 Å². The van der Waals surface area contributed by atoms with Crippen LogP contribution in [-0.2, 0) is 16.0 Å². The van der Waals surface area contributed by atoms with E-state index in [1.807, 2.05) is 54.6 Å². The van der Waals surface area contributed by atoms with Crippen molar-refractivity contribution in [3.05, 3.63) is 101 Å². The Morgan fingerprint density at radius 1 is 1.00 bits per heavy atom. The number of hydrogen-bond acceptors (Lipinski definition) is 5. The fourth-order valence-corrected chi connectivity index (χ4v) is 4.50. The van der Waals surface area contributed by atoms with Crippen molar-refractivity contribution in [2.24, 2.45) is 0 Å². The van der Waals surface area contributed by atoms with Gasteiger partial charge >= 0.3 is 0 Å². The van der Waals surface area contributed by atoms with Gasteiger partial charge in [0.15, 0.2) is 23.0 Å². The summed E-state index contributed by atoms with van der Waals surface area (Å²) in [7, 11) is 0. The van der Waals surface area contributed by atoms with Crippen molar-refractivity contribution in [3.8, 4) is 11.5 Å². The van der Waals surface area contributed by atoms with Crippen LogP contribution in [0.3, 0.4) is 0 Å². The van der Waals surface area contributed by atoms with Crippen LogP contribution in [0.5, 0.6) is 11.5 Å². The first kappa shape index (κ1) is 25.0. The molecule has 1 aliphatic rings. The van der Waals surface area contributed by atoms with Gasteiger partial charge in [0, 0.05) is 12.1 Å². The van der Waals surface area contributed by atoms with Gasteiger partial charge in [0.1, 0.15) is 0 Å². The van der Waals surface area contributed by atoms with Crippen molar-refractivity contribution in [2.45, 2.75) is 45.6 Å². The second-order valence-electron chi connectivity index (χ2n) is 9.16. The van der Waals surface area contributed by atoms with Crippen molar-refractivity contribution < 1.29 is 24.5 Å². The minimum absolute atomic E-state index is 0.0390. The second kappa shape index (κ2) is 10.7.